The van der Waals surface area contributed by atoms with Gasteiger partial charge in [0.15, 0.2) is 0 Å². The van der Waals surface area contributed by atoms with E-state index in [2.05, 4.69) is 31.2 Å². The van der Waals surface area contributed by atoms with Gasteiger partial charge < -0.3 is 5.32 Å². The Bertz CT molecular complexity index is 570. The van der Waals surface area contributed by atoms with Crippen LogP contribution >= 0.6 is 27.3 Å². The first-order chi connectivity index (χ1) is 8.58. The summed E-state index contributed by atoms with van der Waals surface area (Å²) in [6.07, 6.45) is 3.44. The molecule has 0 aliphatic carbocycles. The van der Waals surface area contributed by atoms with Crippen LogP contribution in [0.5, 0.6) is 0 Å². The number of thiazole rings is 1. The zero-order valence-electron chi connectivity index (χ0n) is 9.98. The Balaban J connectivity index is 2.10. The van der Waals surface area contributed by atoms with E-state index < -0.39 is 0 Å². The number of hydrogen-bond donors (Lipinski definition) is 1. The molecule has 0 aliphatic rings. The van der Waals surface area contributed by atoms with Crippen LogP contribution in [-0.4, -0.2) is 15.9 Å². The topological polar surface area (TPSA) is 54.9 Å². The van der Waals surface area contributed by atoms with Gasteiger partial charge in [-0.3, -0.25) is 4.79 Å². The number of hydrogen-bond acceptors (Lipinski definition) is 4. The molecule has 6 heteroatoms. The lowest BCUT2D eigenvalue weighted by Crippen LogP contribution is -2.27. The molecule has 2 aromatic heterocycles. The van der Waals surface area contributed by atoms with E-state index in [-0.39, 0.29) is 11.9 Å². The lowest BCUT2D eigenvalue weighted by atomic mass is 10.2. The Hall–Kier alpha value is -1.27. The van der Waals surface area contributed by atoms with E-state index >= 15 is 0 Å². The van der Waals surface area contributed by atoms with E-state index in [0.29, 0.717) is 10.2 Å². The van der Waals surface area contributed by atoms with Crippen molar-refractivity contribution in [2.45, 2.75) is 19.9 Å². The van der Waals surface area contributed by atoms with Crippen molar-refractivity contribution in [3.05, 3.63) is 44.6 Å². The van der Waals surface area contributed by atoms with E-state index in [1.54, 1.807) is 29.7 Å². The monoisotopic (exact) mass is 325 g/mol. The number of nitrogens with zero attached hydrogens (tertiary/aromatic N) is 2. The van der Waals surface area contributed by atoms with Crippen LogP contribution in [0, 0.1) is 6.92 Å². The summed E-state index contributed by atoms with van der Waals surface area (Å²) in [6, 6.07) is 3.35. The first-order valence-corrected chi connectivity index (χ1v) is 7.02. The summed E-state index contributed by atoms with van der Waals surface area (Å²) in [6.45, 7) is 3.91. The predicted molar refractivity (Wildman–Crippen MR) is 74.7 cm³/mol. The third-order valence-corrected chi connectivity index (χ3v) is 4.09. The van der Waals surface area contributed by atoms with Crippen molar-refractivity contribution >= 4 is 33.2 Å². The normalized spacial score (nSPS) is 12.2. The molecule has 0 saturated carbocycles. The van der Waals surface area contributed by atoms with Crippen molar-refractivity contribution in [2.75, 3.05) is 0 Å². The van der Waals surface area contributed by atoms with Crippen molar-refractivity contribution in [3.63, 3.8) is 0 Å². The molecule has 18 heavy (non-hydrogen) atoms. The molecule has 0 aliphatic heterocycles. The Morgan fingerprint density at radius 2 is 2.28 bits per heavy atom. The molecule has 1 atom stereocenters. The molecule has 0 aromatic carbocycles. The number of aryl methyl sites for hydroxylation is 1. The SMILES string of the molecule is Cc1cnc(C(C)NC(=O)c2cccnc2Br)s1. The molecular weight excluding hydrogens is 314 g/mol. The smallest absolute Gasteiger partial charge is 0.254 e. The minimum absolute atomic E-state index is 0.108. The molecule has 4 nitrogen and oxygen atoms in total. The van der Waals surface area contributed by atoms with Gasteiger partial charge in [-0.25, -0.2) is 9.97 Å². The fourth-order valence-electron chi connectivity index (χ4n) is 1.46. The highest BCUT2D eigenvalue weighted by Gasteiger charge is 2.16. The highest BCUT2D eigenvalue weighted by atomic mass is 79.9. The standard InChI is InChI=1S/C12H12BrN3OS/c1-7-6-15-12(18-7)8(2)16-11(17)9-4-3-5-14-10(9)13/h3-6,8H,1-2H3,(H,16,17). The van der Waals surface area contributed by atoms with Crippen LogP contribution in [0.25, 0.3) is 0 Å². The van der Waals surface area contributed by atoms with Crippen molar-refractivity contribution < 1.29 is 4.79 Å². The third kappa shape index (κ3) is 2.94. The van der Waals surface area contributed by atoms with E-state index in [1.807, 2.05) is 20.0 Å². The van der Waals surface area contributed by atoms with Crippen LogP contribution in [0.2, 0.25) is 0 Å². The number of halogens is 1. The molecule has 1 amide bonds. The number of carbonyl (C=O) groups is 1. The molecule has 1 unspecified atom stereocenters. The average molecular weight is 326 g/mol. The van der Waals surface area contributed by atoms with Gasteiger partial charge in [-0.15, -0.1) is 11.3 Å². The van der Waals surface area contributed by atoms with E-state index in [9.17, 15) is 4.79 Å². The van der Waals surface area contributed by atoms with Gasteiger partial charge >= 0.3 is 0 Å². The molecular formula is C12H12BrN3OS. The minimum atomic E-state index is -0.157. The van der Waals surface area contributed by atoms with Gasteiger partial charge in [0.05, 0.1) is 11.6 Å². The molecule has 0 bridgehead atoms. The van der Waals surface area contributed by atoms with Crippen LogP contribution in [0.1, 0.15) is 33.2 Å². The highest BCUT2D eigenvalue weighted by Crippen LogP contribution is 2.20. The van der Waals surface area contributed by atoms with Gasteiger partial charge in [0, 0.05) is 17.3 Å². The minimum Gasteiger partial charge on any atom is -0.343 e. The van der Waals surface area contributed by atoms with E-state index in [0.717, 1.165) is 9.88 Å². The van der Waals surface area contributed by atoms with Gasteiger partial charge in [0.2, 0.25) is 0 Å². The van der Waals surface area contributed by atoms with Gasteiger partial charge in [0.1, 0.15) is 9.61 Å². The lowest BCUT2D eigenvalue weighted by molar-refractivity contribution is 0.0938. The van der Waals surface area contributed by atoms with Crippen LogP contribution < -0.4 is 5.32 Å². The maximum Gasteiger partial charge on any atom is 0.254 e. The number of pyridine rings is 1. The Kier molecular flexibility index (Phi) is 4.08. The molecule has 2 heterocycles. The quantitative estimate of drug-likeness (QED) is 0.882. The Morgan fingerprint density at radius 3 is 2.89 bits per heavy atom. The summed E-state index contributed by atoms with van der Waals surface area (Å²) in [5.41, 5.74) is 0.526. The second-order valence-corrected chi connectivity index (χ2v) is 5.86. The molecule has 94 valence electrons. The fraction of sp³-hybridized carbons (Fsp3) is 0.250. The average Bonchev–Trinajstić information content (AvgIpc) is 2.76. The highest BCUT2D eigenvalue weighted by molar-refractivity contribution is 9.10. The summed E-state index contributed by atoms with van der Waals surface area (Å²) in [4.78, 5) is 21.5. The van der Waals surface area contributed by atoms with Crippen molar-refractivity contribution in [3.8, 4) is 0 Å². The first-order valence-electron chi connectivity index (χ1n) is 5.41. The summed E-state index contributed by atoms with van der Waals surface area (Å²) in [7, 11) is 0. The van der Waals surface area contributed by atoms with Gasteiger partial charge in [-0.05, 0) is 41.9 Å². The summed E-state index contributed by atoms with van der Waals surface area (Å²) < 4.78 is 0.546. The summed E-state index contributed by atoms with van der Waals surface area (Å²) in [5, 5.41) is 3.81. The molecule has 2 aromatic rings. The van der Waals surface area contributed by atoms with E-state index in [4.69, 9.17) is 0 Å². The molecule has 0 spiro atoms. The van der Waals surface area contributed by atoms with Gasteiger partial charge in [0.25, 0.3) is 5.91 Å². The maximum absolute atomic E-state index is 12.1. The third-order valence-electron chi connectivity index (χ3n) is 2.36. The zero-order valence-corrected chi connectivity index (χ0v) is 12.4. The van der Waals surface area contributed by atoms with Crippen molar-refractivity contribution in [1.29, 1.82) is 0 Å². The second kappa shape index (κ2) is 5.58. The summed E-state index contributed by atoms with van der Waals surface area (Å²) >= 11 is 4.85. The lowest BCUT2D eigenvalue weighted by Gasteiger charge is -2.11. The second-order valence-electron chi connectivity index (χ2n) is 3.85. The van der Waals surface area contributed by atoms with E-state index in [1.165, 1.54) is 0 Å². The maximum atomic E-state index is 12.1. The summed E-state index contributed by atoms with van der Waals surface area (Å²) in [5.74, 6) is -0.157. The van der Waals surface area contributed by atoms with Crippen LogP contribution in [0.4, 0.5) is 0 Å². The van der Waals surface area contributed by atoms with Crippen LogP contribution in [0.15, 0.2) is 29.1 Å². The van der Waals surface area contributed by atoms with Crippen molar-refractivity contribution in [1.82, 2.24) is 15.3 Å². The molecule has 2 rings (SSSR count). The molecule has 0 saturated heterocycles. The van der Waals surface area contributed by atoms with Crippen molar-refractivity contribution in [2.24, 2.45) is 0 Å². The number of aromatic nitrogens is 2. The predicted octanol–water partition coefficient (Wildman–Crippen LogP) is 3.10. The fourth-order valence-corrected chi connectivity index (χ4v) is 2.67. The molecule has 1 N–H and O–H groups in total. The van der Waals surface area contributed by atoms with Crippen LogP contribution in [-0.2, 0) is 0 Å². The van der Waals surface area contributed by atoms with Gasteiger partial charge in [-0.1, -0.05) is 0 Å². The Labute approximate surface area is 118 Å². The number of rotatable bonds is 3. The molecule has 0 fully saturated rings. The zero-order chi connectivity index (χ0) is 13.1. The van der Waals surface area contributed by atoms with Gasteiger partial charge in [-0.2, -0.15) is 0 Å². The molecule has 0 radical (unpaired) electrons. The largest absolute Gasteiger partial charge is 0.343 e. The number of nitrogens with one attached hydrogen (secondary N) is 1. The Morgan fingerprint density at radius 1 is 1.50 bits per heavy atom. The number of amides is 1. The van der Waals surface area contributed by atoms with Crippen LogP contribution in [0.3, 0.4) is 0 Å². The number of carbonyl (C=O) groups excluding carboxylic acids is 1. The first kappa shape index (κ1) is 13.2.